The lowest BCUT2D eigenvalue weighted by Crippen LogP contribution is -2.24. The highest BCUT2D eigenvalue weighted by atomic mass is 79.9. The zero-order valence-electron chi connectivity index (χ0n) is 12.2. The summed E-state index contributed by atoms with van der Waals surface area (Å²) in [4.78, 5) is 12.1. The van der Waals surface area contributed by atoms with Crippen molar-refractivity contribution >= 4 is 21.6 Å². The lowest BCUT2D eigenvalue weighted by atomic mass is 9.87. The summed E-state index contributed by atoms with van der Waals surface area (Å²) in [6.45, 7) is 3.63. The Bertz CT molecular complexity index is 480. The van der Waals surface area contributed by atoms with Gasteiger partial charge >= 0.3 is 0 Å². The zero-order chi connectivity index (χ0) is 14.4. The van der Waals surface area contributed by atoms with Gasteiger partial charge in [-0.2, -0.15) is 5.10 Å². The first-order chi connectivity index (χ1) is 9.72. The topological polar surface area (TPSA) is 46.9 Å². The van der Waals surface area contributed by atoms with Crippen LogP contribution in [0.4, 0.5) is 5.69 Å². The van der Waals surface area contributed by atoms with Gasteiger partial charge in [-0.15, -0.1) is 0 Å². The van der Waals surface area contributed by atoms with Crippen LogP contribution in [0.25, 0.3) is 0 Å². The largest absolute Gasteiger partial charge is 0.383 e. The minimum atomic E-state index is -0.0467. The van der Waals surface area contributed by atoms with E-state index in [1.54, 1.807) is 6.20 Å². The summed E-state index contributed by atoms with van der Waals surface area (Å²) >= 11 is 3.39. The van der Waals surface area contributed by atoms with E-state index >= 15 is 0 Å². The number of aromatic nitrogens is 2. The van der Waals surface area contributed by atoms with E-state index in [1.807, 2.05) is 6.92 Å². The van der Waals surface area contributed by atoms with Crippen molar-refractivity contribution in [3.8, 4) is 0 Å². The van der Waals surface area contributed by atoms with Crippen LogP contribution in [0.5, 0.6) is 0 Å². The van der Waals surface area contributed by atoms with Crippen molar-refractivity contribution in [3.05, 3.63) is 21.0 Å². The molecule has 4 nitrogen and oxygen atoms in total. The SMILES string of the molecule is CCCn1ncc(NCCC2CCCCC2)c(Br)c1=O. The first kappa shape index (κ1) is 15.5. The highest BCUT2D eigenvalue weighted by Crippen LogP contribution is 2.26. The van der Waals surface area contributed by atoms with E-state index in [9.17, 15) is 4.79 Å². The molecule has 1 saturated carbocycles. The monoisotopic (exact) mass is 341 g/mol. The van der Waals surface area contributed by atoms with Gasteiger partial charge in [-0.25, -0.2) is 4.68 Å². The molecule has 1 aromatic heterocycles. The highest BCUT2D eigenvalue weighted by Gasteiger charge is 2.13. The molecule has 1 N–H and O–H groups in total. The maximum atomic E-state index is 12.1. The molecule has 0 amide bonds. The summed E-state index contributed by atoms with van der Waals surface area (Å²) in [5, 5.41) is 7.55. The molecular weight excluding hydrogens is 318 g/mol. The predicted octanol–water partition coefficient (Wildman–Crippen LogP) is 3.80. The maximum Gasteiger partial charge on any atom is 0.283 e. The van der Waals surface area contributed by atoms with Crippen LogP contribution >= 0.6 is 15.9 Å². The molecule has 0 aliphatic heterocycles. The number of nitrogens with one attached hydrogen (secondary N) is 1. The van der Waals surface area contributed by atoms with Gasteiger partial charge in [0, 0.05) is 13.1 Å². The molecule has 0 unspecified atom stereocenters. The summed E-state index contributed by atoms with van der Waals surface area (Å²) in [7, 11) is 0. The molecule has 5 heteroatoms. The fourth-order valence-electron chi connectivity index (χ4n) is 2.85. The molecule has 2 rings (SSSR count). The van der Waals surface area contributed by atoms with Gasteiger partial charge in [-0.3, -0.25) is 4.79 Å². The van der Waals surface area contributed by atoms with Crippen LogP contribution in [0, 0.1) is 5.92 Å². The molecule has 1 aliphatic carbocycles. The first-order valence-electron chi connectivity index (χ1n) is 7.72. The zero-order valence-corrected chi connectivity index (χ0v) is 13.8. The number of anilines is 1. The van der Waals surface area contributed by atoms with E-state index in [0.717, 1.165) is 24.6 Å². The van der Waals surface area contributed by atoms with Crippen LogP contribution in [0.3, 0.4) is 0 Å². The third-order valence-corrected chi connectivity index (χ3v) is 4.78. The van der Waals surface area contributed by atoms with Crippen LogP contribution in [0.1, 0.15) is 51.9 Å². The van der Waals surface area contributed by atoms with Crippen molar-refractivity contribution in [1.29, 1.82) is 0 Å². The van der Waals surface area contributed by atoms with Crippen LogP contribution in [0.2, 0.25) is 0 Å². The molecule has 1 aromatic rings. The highest BCUT2D eigenvalue weighted by molar-refractivity contribution is 9.10. The van der Waals surface area contributed by atoms with Gasteiger partial charge in [0.1, 0.15) is 4.47 Å². The van der Waals surface area contributed by atoms with Gasteiger partial charge in [-0.05, 0) is 34.7 Å². The fraction of sp³-hybridized carbons (Fsp3) is 0.733. The molecule has 1 fully saturated rings. The fourth-order valence-corrected chi connectivity index (χ4v) is 3.29. The lowest BCUT2D eigenvalue weighted by Gasteiger charge is -2.21. The Labute approximate surface area is 129 Å². The van der Waals surface area contributed by atoms with E-state index in [-0.39, 0.29) is 5.56 Å². The quantitative estimate of drug-likeness (QED) is 0.855. The molecule has 0 bridgehead atoms. The smallest absolute Gasteiger partial charge is 0.283 e. The second-order valence-corrected chi connectivity index (χ2v) is 6.41. The summed E-state index contributed by atoms with van der Waals surface area (Å²) in [6, 6.07) is 0. The Morgan fingerprint density at radius 2 is 2.15 bits per heavy atom. The molecule has 0 saturated heterocycles. The molecule has 0 aromatic carbocycles. The number of halogens is 1. The standard InChI is InChI=1S/C15H24BrN3O/c1-2-10-19-15(20)14(16)13(11-18-19)17-9-8-12-6-4-3-5-7-12/h11-12,17H,2-10H2,1H3. The minimum Gasteiger partial charge on any atom is -0.383 e. The van der Waals surface area contributed by atoms with E-state index in [1.165, 1.54) is 43.2 Å². The predicted molar refractivity (Wildman–Crippen MR) is 86.2 cm³/mol. The normalized spacial score (nSPS) is 16.3. The second kappa shape index (κ2) is 7.81. The van der Waals surface area contributed by atoms with Crippen molar-refractivity contribution in [2.24, 2.45) is 5.92 Å². The van der Waals surface area contributed by atoms with Gasteiger partial charge < -0.3 is 5.32 Å². The number of rotatable bonds is 6. The van der Waals surface area contributed by atoms with Gasteiger partial charge in [0.15, 0.2) is 0 Å². The third kappa shape index (κ3) is 4.08. The summed E-state index contributed by atoms with van der Waals surface area (Å²) in [5.74, 6) is 0.850. The van der Waals surface area contributed by atoms with Gasteiger partial charge in [0.25, 0.3) is 5.56 Å². The summed E-state index contributed by atoms with van der Waals surface area (Å²) in [6.07, 6.45) is 10.7. The first-order valence-corrected chi connectivity index (χ1v) is 8.51. The molecule has 1 aliphatic rings. The summed E-state index contributed by atoms with van der Waals surface area (Å²) < 4.78 is 2.11. The van der Waals surface area contributed by atoms with E-state index in [0.29, 0.717) is 11.0 Å². The average Bonchev–Trinajstić information content (AvgIpc) is 2.48. The van der Waals surface area contributed by atoms with Crippen LogP contribution < -0.4 is 10.9 Å². The van der Waals surface area contributed by atoms with Crippen LogP contribution in [-0.4, -0.2) is 16.3 Å². The minimum absolute atomic E-state index is 0.0467. The molecule has 1 heterocycles. The average molecular weight is 342 g/mol. The lowest BCUT2D eigenvalue weighted by molar-refractivity contribution is 0.345. The molecule has 112 valence electrons. The molecule has 0 radical (unpaired) electrons. The van der Waals surface area contributed by atoms with Gasteiger partial charge in [0.05, 0.1) is 11.9 Å². The van der Waals surface area contributed by atoms with Crippen molar-refractivity contribution in [2.75, 3.05) is 11.9 Å². The Hall–Kier alpha value is -0.840. The maximum absolute atomic E-state index is 12.1. The van der Waals surface area contributed by atoms with Crippen LogP contribution in [0.15, 0.2) is 15.5 Å². The number of hydrogen-bond acceptors (Lipinski definition) is 3. The molecule has 0 atom stereocenters. The van der Waals surface area contributed by atoms with E-state index in [2.05, 4.69) is 26.3 Å². The van der Waals surface area contributed by atoms with Crippen LogP contribution in [-0.2, 0) is 6.54 Å². The number of nitrogens with zero attached hydrogens (tertiary/aromatic N) is 2. The Balaban J connectivity index is 1.89. The van der Waals surface area contributed by atoms with Crippen molar-refractivity contribution in [2.45, 2.75) is 58.4 Å². The molecular formula is C15H24BrN3O. The van der Waals surface area contributed by atoms with Gasteiger partial charge in [-0.1, -0.05) is 39.0 Å². The number of hydrogen-bond donors (Lipinski definition) is 1. The van der Waals surface area contributed by atoms with Gasteiger partial charge in [0.2, 0.25) is 0 Å². The molecule has 0 spiro atoms. The Morgan fingerprint density at radius 1 is 1.40 bits per heavy atom. The van der Waals surface area contributed by atoms with Crippen molar-refractivity contribution in [1.82, 2.24) is 9.78 Å². The molecule has 20 heavy (non-hydrogen) atoms. The van der Waals surface area contributed by atoms with E-state index in [4.69, 9.17) is 0 Å². The van der Waals surface area contributed by atoms with E-state index < -0.39 is 0 Å². The Kier molecular flexibility index (Phi) is 6.07. The van der Waals surface area contributed by atoms with Crippen molar-refractivity contribution in [3.63, 3.8) is 0 Å². The number of aryl methyl sites for hydroxylation is 1. The summed E-state index contributed by atoms with van der Waals surface area (Å²) in [5.41, 5.74) is 0.771. The Morgan fingerprint density at radius 3 is 2.85 bits per heavy atom. The van der Waals surface area contributed by atoms with Crippen molar-refractivity contribution < 1.29 is 0 Å². The second-order valence-electron chi connectivity index (χ2n) is 5.62. The third-order valence-electron chi connectivity index (χ3n) is 4.01.